The van der Waals surface area contributed by atoms with Gasteiger partial charge in [0.05, 0.1) is 12.1 Å². The van der Waals surface area contributed by atoms with Gasteiger partial charge in [-0.15, -0.1) is 10.2 Å². The van der Waals surface area contributed by atoms with E-state index in [1.807, 2.05) is 42.5 Å². The maximum absolute atomic E-state index is 6.10. The molecule has 0 radical (unpaired) electrons. The van der Waals surface area contributed by atoms with Gasteiger partial charge in [-0.2, -0.15) is 9.61 Å². The van der Waals surface area contributed by atoms with Gasteiger partial charge in [-0.1, -0.05) is 35.1 Å². The smallest absolute Gasteiger partial charge is 0.235 e. The minimum Gasteiger partial charge on any atom is -0.497 e. The van der Waals surface area contributed by atoms with Crippen LogP contribution in [-0.2, 0) is 6.61 Å². The summed E-state index contributed by atoms with van der Waals surface area (Å²) < 4.78 is 12.6. The number of rotatable bonds is 5. The topological polar surface area (TPSA) is 61.5 Å². The number of methoxy groups -OCH3 is 1. The van der Waals surface area contributed by atoms with E-state index in [2.05, 4.69) is 15.3 Å². The molecule has 0 unspecified atom stereocenters. The molecule has 4 aromatic rings. The van der Waals surface area contributed by atoms with Crippen LogP contribution in [0.1, 0.15) is 5.01 Å². The third-order valence-electron chi connectivity index (χ3n) is 3.57. The van der Waals surface area contributed by atoms with Crippen LogP contribution in [0.15, 0.2) is 48.5 Å². The first-order valence-electron chi connectivity index (χ1n) is 7.47. The standard InChI is InChI=1S/C17H13ClN4O2S/c1-23-12-8-6-11(7-9-12)16-19-20-17-22(16)21-15(25-17)10-24-14-5-3-2-4-13(14)18/h2-9H,10H2,1H3. The van der Waals surface area contributed by atoms with Crippen molar-refractivity contribution in [2.24, 2.45) is 0 Å². The molecule has 0 fully saturated rings. The number of hydrogen-bond donors (Lipinski definition) is 0. The molecule has 25 heavy (non-hydrogen) atoms. The second-order valence-corrected chi connectivity index (χ2v) is 6.61. The van der Waals surface area contributed by atoms with Gasteiger partial charge >= 0.3 is 0 Å². The summed E-state index contributed by atoms with van der Waals surface area (Å²) in [7, 11) is 1.63. The van der Waals surface area contributed by atoms with Crippen LogP contribution in [0.25, 0.3) is 16.3 Å². The molecule has 0 saturated heterocycles. The normalized spacial score (nSPS) is 11.0. The number of hydrogen-bond acceptors (Lipinski definition) is 6. The van der Waals surface area contributed by atoms with E-state index in [1.54, 1.807) is 17.7 Å². The van der Waals surface area contributed by atoms with Gasteiger partial charge in [-0.25, -0.2) is 0 Å². The molecule has 2 heterocycles. The highest BCUT2D eigenvalue weighted by Crippen LogP contribution is 2.26. The molecule has 0 amide bonds. The highest BCUT2D eigenvalue weighted by molar-refractivity contribution is 7.16. The first-order chi connectivity index (χ1) is 12.2. The fourth-order valence-electron chi connectivity index (χ4n) is 2.34. The third kappa shape index (κ3) is 3.16. The SMILES string of the molecule is COc1ccc(-c2nnc3sc(COc4ccccc4Cl)nn23)cc1. The lowest BCUT2D eigenvalue weighted by Gasteiger charge is -2.04. The first kappa shape index (κ1) is 15.9. The van der Waals surface area contributed by atoms with Crippen molar-refractivity contribution in [3.63, 3.8) is 0 Å². The van der Waals surface area contributed by atoms with Crippen LogP contribution >= 0.6 is 22.9 Å². The largest absolute Gasteiger partial charge is 0.497 e. The Labute approximate surface area is 152 Å². The zero-order valence-corrected chi connectivity index (χ0v) is 14.8. The van der Waals surface area contributed by atoms with Gasteiger partial charge in [-0.3, -0.25) is 0 Å². The molecular formula is C17H13ClN4O2S. The molecular weight excluding hydrogens is 360 g/mol. The Hall–Kier alpha value is -2.64. The van der Waals surface area contributed by atoms with Crippen molar-refractivity contribution in [2.45, 2.75) is 6.61 Å². The molecule has 4 rings (SSSR count). The molecule has 0 aliphatic carbocycles. The van der Waals surface area contributed by atoms with E-state index in [0.717, 1.165) is 16.3 Å². The Morgan fingerprint density at radius 1 is 1.08 bits per heavy atom. The van der Waals surface area contributed by atoms with Crippen LogP contribution in [0.5, 0.6) is 11.5 Å². The van der Waals surface area contributed by atoms with Gasteiger partial charge < -0.3 is 9.47 Å². The molecule has 0 atom stereocenters. The van der Waals surface area contributed by atoms with Crippen molar-refractivity contribution in [3.8, 4) is 22.9 Å². The van der Waals surface area contributed by atoms with Crippen molar-refractivity contribution in [3.05, 3.63) is 58.6 Å². The van der Waals surface area contributed by atoms with Crippen molar-refractivity contribution in [1.82, 2.24) is 19.8 Å². The van der Waals surface area contributed by atoms with Crippen molar-refractivity contribution in [2.75, 3.05) is 7.11 Å². The van der Waals surface area contributed by atoms with Crippen LogP contribution in [0, 0.1) is 0 Å². The van der Waals surface area contributed by atoms with Crippen molar-refractivity contribution in [1.29, 1.82) is 0 Å². The lowest BCUT2D eigenvalue weighted by molar-refractivity contribution is 0.304. The Morgan fingerprint density at radius 2 is 1.88 bits per heavy atom. The van der Waals surface area contributed by atoms with E-state index in [9.17, 15) is 0 Å². The molecule has 0 spiro atoms. The molecule has 2 aromatic heterocycles. The van der Waals surface area contributed by atoms with Crippen LogP contribution in [-0.4, -0.2) is 26.9 Å². The summed E-state index contributed by atoms with van der Waals surface area (Å²) in [4.78, 5) is 0.712. The Bertz CT molecular complexity index is 1010. The summed E-state index contributed by atoms with van der Waals surface area (Å²) in [6.07, 6.45) is 0. The van der Waals surface area contributed by atoms with Crippen LogP contribution < -0.4 is 9.47 Å². The summed E-state index contributed by atoms with van der Waals surface area (Å²) in [6, 6.07) is 15.0. The zero-order chi connectivity index (χ0) is 17.2. The molecule has 0 aliphatic rings. The van der Waals surface area contributed by atoms with E-state index in [4.69, 9.17) is 21.1 Å². The molecule has 0 saturated carbocycles. The molecule has 126 valence electrons. The van der Waals surface area contributed by atoms with Gasteiger partial charge in [0, 0.05) is 5.56 Å². The number of fused-ring (bicyclic) bond motifs is 1. The summed E-state index contributed by atoms with van der Waals surface area (Å²) in [5.74, 6) is 2.10. The van der Waals surface area contributed by atoms with Crippen molar-refractivity contribution >= 4 is 27.9 Å². The Balaban J connectivity index is 1.58. The quantitative estimate of drug-likeness (QED) is 0.528. The minimum atomic E-state index is 0.319. The van der Waals surface area contributed by atoms with E-state index < -0.39 is 0 Å². The van der Waals surface area contributed by atoms with Gasteiger partial charge in [0.25, 0.3) is 0 Å². The van der Waals surface area contributed by atoms with Crippen molar-refractivity contribution < 1.29 is 9.47 Å². The minimum absolute atomic E-state index is 0.319. The predicted octanol–water partition coefficient (Wildman–Crippen LogP) is 4.09. The first-order valence-corrected chi connectivity index (χ1v) is 8.67. The number of aromatic nitrogens is 4. The molecule has 6 nitrogen and oxygen atoms in total. The average Bonchev–Trinajstić information content (AvgIpc) is 3.21. The number of ether oxygens (including phenoxy) is 2. The zero-order valence-electron chi connectivity index (χ0n) is 13.2. The summed E-state index contributed by atoms with van der Waals surface area (Å²) in [5.41, 5.74) is 0.914. The number of para-hydroxylation sites is 1. The fraction of sp³-hybridized carbons (Fsp3) is 0.118. The van der Waals surface area contributed by atoms with E-state index in [0.29, 0.717) is 28.2 Å². The van der Waals surface area contributed by atoms with Gasteiger partial charge in [0.2, 0.25) is 4.96 Å². The summed E-state index contributed by atoms with van der Waals surface area (Å²) >= 11 is 7.53. The molecule has 0 N–H and O–H groups in total. The second kappa shape index (κ2) is 6.70. The maximum atomic E-state index is 6.10. The number of halogens is 1. The molecule has 2 aromatic carbocycles. The monoisotopic (exact) mass is 372 g/mol. The lowest BCUT2D eigenvalue weighted by Crippen LogP contribution is -1.98. The molecule has 8 heteroatoms. The predicted molar refractivity (Wildman–Crippen MR) is 96.4 cm³/mol. The average molecular weight is 373 g/mol. The van der Waals surface area contributed by atoms with E-state index >= 15 is 0 Å². The Kier molecular flexibility index (Phi) is 4.25. The highest BCUT2D eigenvalue weighted by Gasteiger charge is 2.14. The molecule has 0 bridgehead atoms. The van der Waals surface area contributed by atoms with Crippen LogP contribution in [0.4, 0.5) is 0 Å². The lowest BCUT2D eigenvalue weighted by atomic mass is 10.2. The Morgan fingerprint density at radius 3 is 2.64 bits per heavy atom. The molecule has 0 aliphatic heterocycles. The van der Waals surface area contributed by atoms with E-state index in [-0.39, 0.29) is 0 Å². The second-order valence-electron chi connectivity index (χ2n) is 5.16. The van der Waals surface area contributed by atoms with Crippen LogP contribution in [0.3, 0.4) is 0 Å². The third-order valence-corrected chi connectivity index (χ3v) is 4.75. The highest BCUT2D eigenvalue weighted by atomic mass is 35.5. The number of nitrogens with zero attached hydrogens (tertiary/aromatic N) is 4. The van der Waals surface area contributed by atoms with Crippen LogP contribution in [0.2, 0.25) is 5.02 Å². The summed E-state index contributed by atoms with van der Waals surface area (Å²) in [6.45, 7) is 0.319. The van der Waals surface area contributed by atoms with Gasteiger partial charge in [0.15, 0.2) is 10.8 Å². The van der Waals surface area contributed by atoms with Gasteiger partial charge in [0.1, 0.15) is 18.1 Å². The summed E-state index contributed by atoms with van der Waals surface area (Å²) in [5, 5.41) is 14.3. The fourth-order valence-corrected chi connectivity index (χ4v) is 3.27. The van der Waals surface area contributed by atoms with Gasteiger partial charge in [-0.05, 0) is 36.4 Å². The maximum Gasteiger partial charge on any atom is 0.235 e. The number of benzene rings is 2. The van der Waals surface area contributed by atoms with E-state index in [1.165, 1.54) is 11.3 Å².